The minimum Gasteiger partial charge on any atom is -0.334 e. The van der Waals surface area contributed by atoms with E-state index in [0.29, 0.717) is 18.1 Å². The Hall–Kier alpha value is -2.18. The molecular weight excluding hydrogens is 441 g/mol. The number of nitrogens with one attached hydrogen (secondary N) is 1. The lowest BCUT2D eigenvalue weighted by atomic mass is 10.1. The first-order valence-electron chi connectivity index (χ1n) is 8.89. The van der Waals surface area contributed by atoms with Crippen LogP contribution in [0.2, 0.25) is 0 Å². The summed E-state index contributed by atoms with van der Waals surface area (Å²) in [6.07, 6.45) is -1.23. The number of thiophene rings is 1. The van der Waals surface area contributed by atoms with E-state index in [1.165, 1.54) is 6.20 Å². The fourth-order valence-electron chi connectivity index (χ4n) is 3.52. The molecule has 3 rings (SSSR count). The van der Waals surface area contributed by atoms with Crippen LogP contribution in [0.25, 0.3) is 0 Å². The van der Waals surface area contributed by atoms with Gasteiger partial charge in [-0.1, -0.05) is 0 Å². The van der Waals surface area contributed by atoms with Crippen LogP contribution in [0.5, 0.6) is 0 Å². The van der Waals surface area contributed by atoms with Gasteiger partial charge in [-0.05, 0) is 37.6 Å². The number of rotatable bonds is 6. The lowest BCUT2D eigenvalue weighted by Crippen LogP contribution is -2.49. The maximum atomic E-state index is 13.0. The average Bonchev–Trinajstić information content (AvgIpc) is 3.16. The second-order valence-corrected chi connectivity index (χ2v) is 10.2. The van der Waals surface area contributed by atoms with Crippen LogP contribution >= 0.6 is 11.3 Å². The van der Waals surface area contributed by atoms with Gasteiger partial charge in [0.2, 0.25) is 10.0 Å². The number of aldehydes is 1. The summed E-state index contributed by atoms with van der Waals surface area (Å²) in [4.78, 5) is 19.3. The third-order valence-corrected chi connectivity index (χ3v) is 6.41. The Labute approximate surface area is 176 Å². The van der Waals surface area contributed by atoms with E-state index in [1.54, 1.807) is 17.0 Å². The summed E-state index contributed by atoms with van der Waals surface area (Å²) in [7, 11) is -3.48. The van der Waals surface area contributed by atoms with Gasteiger partial charge >= 0.3 is 6.18 Å². The molecule has 0 spiro atoms. The molecule has 0 aromatic carbocycles. The van der Waals surface area contributed by atoms with Crippen molar-refractivity contribution in [1.82, 2.24) is 9.88 Å². The fourth-order valence-corrected chi connectivity index (χ4v) is 5.13. The molecule has 3 heterocycles. The molecule has 2 aromatic rings. The predicted molar refractivity (Wildman–Crippen MR) is 109 cm³/mol. The van der Waals surface area contributed by atoms with Crippen molar-refractivity contribution in [3.05, 3.63) is 40.9 Å². The van der Waals surface area contributed by atoms with Crippen LogP contribution in [-0.4, -0.2) is 49.1 Å². The summed E-state index contributed by atoms with van der Waals surface area (Å²) in [6.45, 7) is 4.33. The summed E-state index contributed by atoms with van der Waals surface area (Å²) in [6, 6.07) is 3.75. The third kappa shape index (κ3) is 4.76. The fraction of sp³-hybridized carbons (Fsp3) is 0.444. The van der Waals surface area contributed by atoms with Crippen LogP contribution in [0.3, 0.4) is 0 Å². The van der Waals surface area contributed by atoms with Crippen molar-refractivity contribution in [2.75, 3.05) is 22.4 Å². The maximum Gasteiger partial charge on any atom is 0.417 e. The number of aromatic nitrogens is 1. The van der Waals surface area contributed by atoms with Crippen molar-refractivity contribution in [3.8, 4) is 0 Å². The van der Waals surface area contributed by atoms with E-state index in [-0.39, 0.29) is 5.82 Å². The first kappa shape index (κ1) is 22.5. The smallest absolute Gasteiger partial charge is 0.334 e. The first-order valence-corrected chi connectivity index (χ1v) is 11.7. The van der Waals surface area contributed by atoms with E-state index >= 15 is 0 Å². The van der Waals surface area contributed by atoms with Crippen molar-refractivity contribution in [2.24, 2.45) is 0 Å². The highest BCUT2D eigenvalue weighted by Crippen LogP contribution is 2.42. The Balaban J connectivity index is 1.87. The molecule has 1 saturated heterocycles. The molecule has 0 aliphatic carbocycles. The Bertz CT molecular complexity index is 1040. The highest BCUT2D eigenvalue weighted by atomic mass is 32.2. The molecule has 7 nitrogen and oxygen atoms in total. The van der Waals surface area contributed by atoms with Gasteiger partial charge in [-0.25, -0.2) is 13.4 Å². The topological polar surface area (TPSA) is 82.6 Å². The largest absolute Gasteiger partial charge is 0.417 e. The number of carbonyl (C=O) groups is 1. The van der Waals surface area contributed by atoms with E-state index in [0.717, 1.165) is 40.9 Å². The van der Waals surface area contributed by atoms with E-state index in [9.17, 15) is 26.4 Å². The summed E-state index contributed by atoms with van der Waals surface area (Å²) >= 11 is 0.946. The van der Waals surface area contributed by atoms with E-state index in [4.69, 9.17) is 0 Å². The number of carbonyl (C=O) groups excluding carboxylic acids is 1. The number of pyridine rings is 1. The lowest BCUT2D eigenvalue weighted by Gasteiger charge is -2.39. The Morgan fingerprint density at radius 2 is 2.07 bits per heavy atom. The number of anilines is 2. The molecule has 30 heavy (non-hydrogen) atoms. The Morgan fingerprint density at radius 1 is 1.37 bits per heavy atom. The molecule has 0 bridgehead atoms. The van der Waals surface area contributed by atoms with Gasteiger partial charge in [0.15, 0.2) is 0 Å². The Kier molecular flexibility index (Phi) is 5.87. The van der Waals surface area contributed by atoms with Crippen LogP contribution < -0.4 is 9.62 Å². The molecule has 0 saturated carbocycles. The highest BCUT2D eigenvalue weighted by molar-refractivity contribution is 7.92. The van der Waals surface area contributed by atoms with E-state index in [1.807, 2.05) is 18.7 Å². The monoisotopic (exact) mass is 462 g/mol. The molecular formula is C18H21F3N4O3S2. The zero-order valence-corrected chi connectivity index (χ0v) is 18.1. The summed E-state index contributed by atoms with van der Waals surface area (Å²) < 4.78 is 64.3. The second-order valence-electron chi connectivity index (χ2n) is 7.54. The van der Waals surface area contributed by atoms with Gasteiger partial charge in [0.05, 0.1) is 28.5 Å². The van der Waals surface area contributed by atoms with Crippen molar-refractivity contribution >= 4 is 38.5 Å². The number of nitrogens with zero attached hydrogens (tertiary/aromatic N) is 3. The molecule has 1 unspecified atom stereocenters. The molecule has 0 amide bonds. The van der Waals surface area contributed by atoms with Crippen LogP contribution in [0, 0.1) is 0 Å². The molecule has 1 atom stereocenters. The molecule has 2 aromatic heterocycles. The van der Waals surface area contributed by atoms with Crippen LogP contribution in [-0.2, 0) is 27.5 Å². The summed E-state index contributed by atoms with van der Waals surface area (Å²) in [5.41, 5.74) is -0.752. The SMILES string of the molecule is CC1(C)N(Cc2ccnc(NS(C)(=O)=O)c2)CC(C=O)N1c1cc(C(F)(F)F)cs1. The van der Waals surface area contributed by atoms with Gasteiger partial charge in [-0.3, -0.25) is 9.62 Å². The standard InChI is InChI=1S/C18H21F3N4O3S2/c1-17(2)24(8-12-4-5-22-15(6-12)23-30(3,27)28)9-14(10-26)25(17)16-7-13(11-29-16)18(19,20)21/h4-7,10-11,14H,8-9H2,1-3H3,(H,22,23). The van der Waals surface area contributed by atoms with Gasteiger partial charge in [0.25, 0.3) is 0 Å². The summed E-state index contributed by atoms with van der Waals surface area (Å²) in [5, 5.41) is 1.41. The number of halogens is 3. The number of alkyl halides is 3. The molecule has 1 aliphatic rings. The highest BCUT2D eigenvalue weighted by Gasteiger charge is 2.46. The van der Waals surface area contributed by atoms with Crippen molar-refractivity contribution in [2.45, 2.75) is 38.3 Å². The van der Waals surface area contributed by atoms with Crippen LogP contribution in [0.1, 0.15) is 25.0 Å². The molecule has 12 heteroatoms. The molecule has 164 valence electrons. The number of hydrogen-bond donors (Lipinski definition) is 1. The van der Waals surface area contributed by atoms with Crippen molar-refractivity contribution < 1.29 is 26.4 Å². The van der Waals surface area contributed by atoms with Gasteiger partial charge < -0.3 is 9.69 Å². The van der Waals surface area contributed by atoms with E-state index in [2.05, 4.69) is 9.71 Å². The average molecular weight is 463 g/mol. The first-order chi connectivity index (χ1) is 13.8. The third-order valence-electron chi connectivity index (χ3n) is 4.90. The molecule has 1 fully saturated rings. The minimum absolute atomic E-state index is 0.170. The maximum absolute atomic E-state index is 13.0. The predicted octanol–water partition coefficient (Wildman–Crippen LogP) is 3.16. The Morgan fingerprint density at radius 3 is 2.63 bits per heavy atom. The molecule has 0 radical (unpaired) electrons. The van der Waals surface area contributed by atoms with Gasteiger partial charge in [-0.2, -0.15) is 13.2 Å². The van der Waals surface area contributed by atoms with Gasteiger partial charge in [0, 0.05) is 24.7 Å². The quantitative estimate of drug-likeness (QED) is 0.664. The lowest BCUT2D eigenvalue weighted by molar-refractivity contribution is -0.137. The van der Waals surface area contributed by atoms with Crippen LogP contribution in [0.4, 0.5) is 24.0 Å². The van der Waals surface area contributed by atoms with Gasteiger partial charge in [0.1, 0.15) is 12.1 Å². The summed E-state index contributed by atoms with van der Waals surface area (Å²) in [5.74, 6) is 0.170. The second kappa shape index (κ2) is 7.82. The minimum atomic E-state index is -4.45. The number of sulfonamides is 1. The van der Waals surface area contributed by atoms with Crippen molar-refractivity contribution in [1.29, 1.82) is 0 Å². The van der Waals surface area contributed by atoms with E-state index < -0.39 is 33.5 Å². The zero-order valence-electron chi connectivity index (χ0n) is 16.5. The zero-order chi connectivity index (χ0) is 22.3. The molecule has 1 N–H and O–H groups in total. The van der Waals surface area contributed by atoms with Crippen LogP contribution in [0.15, 0.2) is 29.8 Å². The van der Waals surface area contributed by atoms with Gasteiger partial charge in [-0.15, -0.1) is 11.3 Å². The van der Waals surface area contributed by atoms with Crippen molar-refractivity contribution in [3.63, 3.8) is 0 Å². The molecule has 1 aliphatic heterocycles. The normalized spacial score (nSPS) is 19.8. The number of hydrogen-bond acceptors (Lipinski definition) is 7.